The number of aliphatic hydroxyl groups is 2. The molecule has 1 radical (unpaired) electrons. The van der Waals surface area contributed by atoms with Gasteiger partial charge in [0.05, 0.1) is 17.6 Å². The Labute approximate surface area is 153 Å². The smallest absolute Gasteiger partial charge is 0.249 e. The van der Waals surface area contributed by atoms with Crippen molar-refractivity contribution >= 4 is 11.8 Å². The Balaban J connectivity index is 1.98. The lowest BCUT2D eigenvalue weighted by Crippen LogP contribution is -2.50. The van der Waals surface area contributed by atoms with Gasteiger partial charge < -0.3 is 15.9 Å². The van der Waals surface area contributed by atoms with Crippen molar-refractivity contribution in [2.75, 3.05) is 0 Å². The maximum Gasteiger partial charge on any atom is 0.249 e. The van der Waals surface area contributed by atoms with Crippen LogP contribution in [0.25, 0.3) is 0 Å². The first-order valence-corrected chi connectivity index (χ1v) is 8.86. The first-order chi connectivity index (χ1) is 12.4. The summed E-state index contributed by atoms with van der Waals surface area (Å²) in [7, 11) is 0. The van der Waals surface area contributed by atoms with E-state index in [4.69, 9.17) is 10.9 Å². The summed E-state index contributed by atoms with van der Waals surface area (Å²) in [6.45, 7) is 0. The van der Waals surface area contributed by atoms with Gasteiger partial charge in [-0.1, -0.05) is 30.3 Å². The molecule has 2 amide bonds. The van der Waals surface area contributed by atoms with E-state index in [1.54, 1.807) is 11.9 Å². The molecule has 2 atom stereocenters. The molecular formula is C19H27N2O5. The molecule has 0 aromatic heterocycles. The van der Waals surface area contributed by atoms with Crippen LogP contribution in [0.2, 0.25) is 0 Å². The van der Waals surface area contributed by atoms with E-state index in [0.717, 1.165) is 5.56 Å². The van der Waals surface area contributed by atoms with Gasteiger partial charge in [-0.3, -0.25) is 14.8 Å². The van der Waals surface area contributed by atoms with Crippen LogP contribution in [0.1, 0.15) is 37.7 Å². The zero-order chi connectivity index (χ0) is 19.2. The van der Waals surface area contributed by atoms with E-state index in [9.17, 15) is 19.8 Å². The molecule has 0 bridgehead atoms. The van der Waals surface area contributed by atoms with Gasteiger partial charge in [0.25, 0.3) is 0 Å². The highest BCUT2D eigenvalue weighted by atomic mass is 16.5. The van der Waals surface area contributed by atoms with Crippen molar-refractivity contribution in [2.45, 2.75) is 50.2 Å². The van der Waals surface area contributed by atoms with Crippen molar-refractivity contribution in [1.29, 1.82) is 0 Å². The number of benzene rings is 1. The standard InChI is InChI=1S/C19H27N2O5/c20-17(23)14-8-10-19(25,11-9-14)16(18(24)21-26)12-15(22)7-6-13-4-2-1-3-5-13/h1-5,7,14-16,22,25-26H,6,8-12H2,(H2,20,23)(H,21,24)/t14?,15-,16+,19?/m0/s1. The zero-order valence-electron chi connectivity index (χ0n) is 14.7. The molecule has 7 heteroatoms. The first-order valence-electron chi connectivity index (χ1n) is 8.86. The molecule has 143 valence electrons. The van der Waals surface area contributed by atoms with Gasteiger partial charge in [-0.2, -0.15) is 0 Å². The number of primary amides is 1. The Bertz CT molecular complexity index is 599. The third-order valence-electron chi connectivity index (χ3n) is 5.27. The summed E-state index contributed by atoms with van der Waals surface area (Å²) in [5, 5.41) is 30.3. The van der Waals surface area contributed by atoms with Gasteiger partial charge in [0.1, 0.15) is 0 Å². The first kappa shape index (κ1) is 20.4. The molecule has 0 heterocycles. The van der Waals surface area contributed by atoms with Gasteiger partial charge in [-0.05, 0) is 50.5 Å². The third kappa shape index (κ3) is 5.27. The number of carbonyl (C=O) groups is 2. The maximum atomic E-state index is 12.1. The number of hydrogen-bond donors (Lipinski definition) is 5. The summed E-state index contributed by atoms with van der Waals surface area (Å²) in [5.74, 6) is -2.45. The number of aliphatic hydroxyl groups excluding tert-OH is 1. The highest BCUT2D eigenvalue weighted by Gasteiger charge is 2.45. The minimum absolute atomic E-state index is 0.0169. The fourth-order valence-electron chi connectivity index (χ4n) is 3.62. The zero-order valence-corrected chi connectivity index (χ0v) is 14.7. The quantitative estimate of drug-likeness (QED) is 0.343. The lowest BCUT2D eigenvalue weighted by Gasteiger charge is -2.40. The molecule has 1 saturated carbocycles. The highest BCUT2D eigenvalue weighted by Crippen LogP contribution is 2.39. The van der Waals surface area contributed by atoms with Gasteiger partial charge in [-0.15, -0.1) is 0 Å². The minimum atomic E-state index is -1.39. The summed E-state index contributed by atoms with van der Waals surface area (Å²) >= 11 is 0. The number of amides is 2. The number of hydroxylamine groups is 1. The second kappa shape index (κ2) is 9.12. The lowest BCUT2D eigenvalue weighted by atomic mass is 9.70. The molecule has 0 saturated heterocycles. The average Bonchev–Trinajstić information content (AvgIpc) is 2.65. The van der Waals surface area contributed by atoms with Crippen molar-refractivity contribution < 1.29 is 25.0 Å². The van der Waals surface area contributed by atoms with Gasteiger partial charge in [0.15, 0.2) is 0 Å². The molecule has 1 aliphatic carbocycles. The Morgan fingerprint density at radius 2 is 1.88 bits per heavy atom. The molecule has 2 rings (SSSR count). The fraction of sp³-hybridized carbons (Fsp3) is 0.526. The van der Waals surface area contributed by atoms with Gasteiger partial charge in [0, 0.05) is 5.92 Å². The van der Waals surface area contributed by atoms with E-state index in [1.807, 2.05) is 30.3 Å². The van der Waals surface area contributed by atoms with E-state index in [0.29, 0.717) is 19.3 Å². The molecule has 7 nitrogen and oxygen atoms in total. The Kier molecular flexibility index (Phi) is 7.14. The predicted octanol–water partition coefficient (Wildman–Crippen LogP) is 0.713. The van der Waals surface area contributed by atoms with Crippen LogP contribution in [0.5, 0.6) is 0 Å². The van der Waals surface area contributed by atoms with Crippen molar-refractivity contribution in [2.24, 2.45) is 17.6 Å². The van der Waals surface area contributed by atoms with Crippen LogP contribution in [0, 0.1) is 18.3 Å². The number of hydrogen-bond acceptors (Lipinski definition) is 5. The molecule has 0 unspecified atom stereocenters. The Hall–Kier alpha value is -1.96. The van der Waals surface area contributed by atoms with E-state index in [2.05, 4.69) is 0 Å². The summed E-state index contributed by atoms with van der Waals surface area (Å²) in [6, 6.07) is 9.56. The SMILES string of the molecule is NC(=O)C1CCC(O)([C@H](C[C@@H](O)[CH]Cc2ccccc2)C(=O)NO)CC1. The molecule has 0 spiro atoms. The average molecular weight is 363 g/mol. The third-order valence-corrected chi connectivity index (χ3v) is 5.27. The fourth-order valence-corrected chi connectivity index (χ4v) is 3.62. The van der Waals surface area contributed by atoms with Crippen LogP contribution in [0.3, 0.4) is 0 Å². The van der Waals surface area contributed by atoms with E-state index in [1.165, 1.54) is 0 Å². The summed E-state index contributed by atoms with van der Waals surface area (Å²) < 4.78 is 0. The highest BCUT2D eigenvalue weighted by molar-refractivity contribution is 5.79. The Morgan fingerprint density at radius 3 is 2.42 bits per heavy atom. The van der Waals surface area contributed by atoms with Crippen LogP contribution in [-0.4, -0.2) is 38.9 Å². The van der Waals surface area contributed by atoms with E-state index < -0.39 is 29.4 Å². The van der Waals surface area contributed by atoms with Gasteiger partial charge in [-0.25, -0.2) is 5.48 Å². The molecular weight excluding hydrogens is 336 g/mol. The van der Waals surface area contributed by atoms with Gasteiger partial charge >= 0.3 is 0 Å². The topological polar surface area (TPSA) is 133 Å². The maximum absolute atomic E-state index is 12.1. The normalized spacial score (nSPS) is 25.3. The predicted molar refractivity (Wildman–Crippen MR) is 94.6 cm³/mol. The van der Waals surface area contributed by atoms with Crippen LogP contribution < -0.4 is 11.2 Å². The molecule has 1 aromatic rings. The monoisotopic (exact) mass is 363 g/mol. The number of nitrogens with one attached hydrogen (secondary N) is 1. The molecule has 0 aliphatic heterocycles. The molecule has 1 aromatic carbocycles. The van der Waals surface area contributed by atoms with Crippen LogP contribution in [0.4, 0.5) is 0 Å². The molecule has 6 N–H and O–H groups in total. The lowest BCUT2D eigenvalue weighted by molar-refractivity contribution is -0.150. The molecule has 26 heavy (non-hydrogen) atoms. The minimum Gasteiger partial charge on any atom is -0.393 e. The van der Waals surface area contributed by atoms with Crippen molar-refractivity contribution in [1.82, 2.24) is 5.48 Å². The van der Waals surface area contributed by atoms with Crippen LogP contribution >= 0.6 is 0 Å². The van der Waals surface area contributed by atoms with Crippen molar-refractivity contribution in [3.8, 4) is 0 Å². The van der Waals surface area contributed by atoms with Crippen LogP contribution in [0.15, 0.2) is 30.3 Å². The number of carbonyl (C=O) groups excluding carboxylic acids is 2. The van der Waals surface area contributed by atoms with E-state index >= 15 is 0 Å². The second-order valence-corrected chi connectivity index (χ2v) is 7.04. The number of nitrogens with two attached hydrogens (primary N) is 1. The largest absolute Gasteiger partial charge is 0.393 e. The van der Waals surface area contributed by atoms with Crippen molar-refractivity contribution in [3.63, 3.8) is 0 Å². The van der Waals surface area contributed by atoms with Crippen molar-refractivity contribution in [3.05, 3.63) is 42.3 Å². The summed E-state index contributed by atoms with van der Waals surface area (Å²) in [4.78, 5) is 23.4. The second-order valence-electron chi connectivity index (χ2n) is 7.04. The van der Waals surface area contributed by atoms with E-state index in [-0.39, 0.29) is 25.2 Å². The summed E-state index contributed by atoms with van der Waals surface area (Å²) in [6.07, 6.45) is 2.44. The van der Waals surface area contributed by atoms with Crippen LogP contribution in [-0.2, 0) is 16.0 Å². The Morgan fingerprint density at radius 1 is 1.27 bits per heavy atom. The number of rotatable bonds is 8. The summed E-state index contributed by atoms with van der Waals surface area (Å²) in [5.41, 5.74) is 6.53. The van der Waals surface area contributed by atoms with Gasteiger partial charge in [0.2, 0.25) is 11.8 Å². The molecule has 1 aliphatic rings. The molecule has 1 fully saturated rings.